The molecule has 1 heterocycles. The van der Waals surface area contributed by atoms with Crippen LogP contribution in [0.2, 0.25) is 0 Å². The fraction of sp³-hybridized carbons (Fsp3) is 0.444. The van der Waals surface area contributed by atoms with Gasteiger partial charge in [-0.3, -0.25) is 9.59 Å². The molecule has 0 aromatic heterocycles. The maximum absolute atomic E-state index is 12.0. The molecule has 2 rings (SSSR count). The molecule has 124 valence electrons. The van der Waals surface area contributed by atoms with Gasteiger partial charge in [0.05, 0.1) is 6.04 Å². The van der Waals surface area contributed by atoms with E-state index < -0.39 is 0 Å². The zero-order valence-corrected chi connectivity index (χ0v) is 13.7. The highest BCUT2D eigenvalue weighted by Gasteiger charge is 2.30. The van der Waals surface area contributed by atoms with Gasteiger partial charge in [-0.1, -0.05) is 24.3 Å². The van der Waals surface area contributed by atoms with Crippen LogP contribution in [0.5, 0.6) is 5.75 Å². The van der Waals surface area contributed by atoms with E-state index in [1.165, 1.54) is 11.6 Å². The maximum Gasteiger partial charge on any atom is 0.245 e. The van der Waals surface area contributed by atoms with Gasteiger partial charge in [0, 0.05) is 25.4 Å². The van der Waals surface area contributed by atoms with Gasteiger partial charge in [0.25, 0.3) is 0 Å². The van der Waals surface area contributed by atoms with Crippen LogP contribution < -0.4 is 10.1 Å². The molecule has 1 saturated heterocycles. The predicted octanol–water partition coefficient (Wildman–Crippen LogP) is 1.91. The number of carbonyl (C=O) groups is 2. The summed E-state index contributed by atoms with van der Waals surface area (Å²) in [5.74, 6) is 0.973. The molecule has 1 unspecified atom stereocenters. The highest BCUT2D eigenvalue weighted by atomic mass is 16.5. The van der Waals surface area contributed by atoms with Crippen LogP contribution in [0.4, 0.5) is 0 Å². The van der Waals surface area contributed by atoms with E-state index in [0.717, 1.165) is 5.75 Å². The summed E-state index contributed by atoms with van der Waals surface area (Å²) in [6.07, 6.45) is 1.75. The second-order valence-corrected chi connectivity index (χ2v) is 6.11. The molecule has 0 saturated carbocycles. The first kappa shape index (κ1) is 17.1. The summed E-state index contributed by atoms with van der Waals surface area (Å²) in [5, 5.41) is 2.93. The lowest BCUT2D eigenvalue weighted by molar-refractivity contribution is -0.135. The van der Waals surface area contributed by atoms with E-state index in [4.69, 9.17) is 4.74 Å². The van der Waals surface area contributed by atoms with Gasteiger partial charge in [0.15, 0.2) is 0 Å². The van der Waals surface area contributed by atoms with Gasteiger partial charge in [0.1, 0.15) is 12.4 Å². The molecule has 1 atom stereocenters. The van der Waals surface area contributed by atoms with Crippen LogP contribution >= 0.6 is 0 Å². The minimum absolute atomic E-state index is 0.000656. The van der Waals surface area contributed by atoms with Crippen LogP contribution in [0.1, 0.15) is 18.9 Å². The molecular weight excluding hydrogens is 292 g/mol. The lowest BCUT2D eigenvalue weighted by Gasteiger charge is -2.38. The Balaban J connectivity index is 1.64. The summed E-state index contributed by atoms with van der Waals surface area (Å²) in [7, 11) is 0. The van der Waals surface area contributed by atoms with Gasteiger partial charge in [-0.05, 0) is 32.1 Å². The Morgan fingerprint density at radius 2 is 2.04 bits per heavy atom. The Morgan fingerprint density at radius 3 is 2.65 bits per heavy atom. The van der Waals surface area contributed by atoms with E-state index in [1.54, 1.807) is 4.90 Å². The molecule has 2 amide bonds. The van der Waals surface area contributed by atoms with Crippen LogP contribution in [0, 0.1) is 12.8 Å². The first-order chi connectivity index (χ1) is 11.0. The third-order valence-corrected chi connectivity index (χ3v) is 3.85. The first-order valence-corrected chi connectivity index (χ1v) is 7.88. The summed E-state index contributed by atoms with van der Waals surface area (Å²) in [6, 6.07) is 7.76. The minimum Gasteiger partial charge on any atom is -0.491 e. The highest BCUT2D eigenvalue weighted by Crippen LogP contribution is 2.19. The van der Waals surface area contributed by atoms with Crippen molar-refractivity contribution in [1.29, 1.82) is 0 Å². The van der Waals surface area contributed by atoms with Gasteiger partial charge in [-0.2, -0.15) is 0 Å². The Hall–Kier alpha value is -2.30. The van der Waals surface area contributed by atoms with E-state index in [0.29, 0.717) is 26.1 Å². The normalized spacial score (nSPS) is 15.5. The number of amides is 2. The first-order valence-electron chi connectivity index (χ1n) is 7.88. The zero-order chi connectivity index (χ0) is 16.8. The number of nitrogens with one attached hydrogen (secondary N) is 1. The molecule has 23 heavy (non-hydrogen) atoms. The number of benzene rings is 1. The van der Waals surface area contributed by atoms with Crippen molar-refractivity contribution in [2.45, 2.75) is 26.3 Å². The topological polar surface area (TPSA) is 58.6 Å². The van der Waals surface area contributed by atoms with E-state index in [1.807, 2.05) is 38.1 Å². The second kappa shape index (κ2) is 7.81. The molecule has 5 heteroatoms. The van der Waals surface area contributed by atoms with E-state index in [2.05, 4.69) is 11.9 Å². The zero-order valence-electron chi connectivity index (χ0n) is 13.7. The van der Waals surface area contributed by atoms with E-state index in [9.17, 15) is 9.59 Å². The number of hydrogen-bond acceptors (Lipinski definition) is 3. The standard InChI is InChI=1S/C18H24N2O3/c1-4-18(22)20-10-15(11-20)9-17(21)19-14(3)12-23-16-7-5-13(2)6-8-16/h4-8,14-15H,1,9-12H2,2-3H3,(H,19,21). The number of hydrogen-bond donors (Lipinski definition) is 1. The van der Waals surface area contributed by atoms with E-state index in [-0.39, 0.29) is 23.8 Å². The lowest BCUT2D eigenvalue weighted by Crippen LogP contribution is -2.51. The molecule has 0 spiro atoms. The summed E-state index contributed by atoms with van der Waals surface area (Å²) in [6.45, 7) is 9.09. The number of likely N-dealkylation sites (tertiary alicyclic amines) is 1. The van der Waals surface area contributed by atoms with Crippen molar-refractivity contribution in [3.05, 3.63) is 42.5 Å². The van der Waals surface area contributed by atoms with Gasteiger partial charge in [0.2, 0.25) is 11.8 Å². The van der Waals surface area contributed by atoms with Crippen LogP contribution in [0.25, 0.3) is 0 Å². The number of aryl methyl sites for hydroxylation is 1. The summed E-state index contributed by atoms with van der Waals surface area (Å²) >= 11 is 0. The average molecular weight is 316 g/mol. The number of nitrogens with zero attached hydrogens (tertiary/aromatic N) is 1. The third kappa shape index (κ3) is 5.13. The Labute approximate surface area is 137 Å². The van der Waals surface area contributed by atoms with Crippen molar-refractivity contribution < 1.29 is 14.3 Å². The number of carbonyl (C=O) groups excluding carboxylic acids is 2. The molecule has 1 aliphatic rings. The molecule has 1 aromatic rings. The Bertz CT molecular complexity index is 562. The maximum atomic E-state index is 12.0. The van der Waals surface area contributed by atoms with Crippen LogP contribution in [0.3, 0.4) is 0 Å². The van der Waals surface area contributed by atoms with Crippen molar-refractivity contribution in [2.75, 3.05) is 19.7 Å². The summed E-state index contributed by atoms with van der Waals surface area (Å²) in [4.78, 5) is 25.0. The summed E-state index contributed by atoms with van der Waals surface area (Å²) < 4.78 is 5.65. The van der Waals surface area contributed by atoms with Gasteiger partial charge < -0.3 is 15.0 Å². The quantitative estimate of drug-likeness (QED) is 0.782. The van der Waals surface area contributed by atoms with Crippen molar-refractivity contribution in [1.82, 2.24) is 10.2 Å². The molecule has 1 aromatic carbocycles. The molecule has 1 N–H and O–H groups in total. The predicted molar refractivity (Wildman–Crippen MR) is 89.2 cm³/mol. The molecule has 5 nitrogen and oxygen atoms in total. The molecule has 0 bridgehead atoms. The third-order valence-electron chi connectivity index (χ3n) is 3.85. The second-order valence-electron chi connectivity index (χ2n) is 6.11. The monoisotopic (exact) mass is 316 g/mol. The van der Waals surface area contributed by atoms with Crippen molar-refractivity contribution >= 4 is 11.8 Å². The molecular formula is C18H24N2O3. The molecule has 0 radical (unpaired) electrons. The van der Waals surface area contributed by atoms with Gasteiger partial charge >= 0.3 is 0 Å². The van der Waals surface area contributed by atoms with E-state index >= 15 is 0 Å². The van der Waals surface area contributed by atoms with Gasteiger partial charge in [-0.25, -0.2) is 0 Å². The SMILES string of the molecule is C=CC(=O)N1CC(CC(=O)NC(C)COc2ccc(C)cc2)C1. The van der Waals surface area contributed by atoms with Gasteiger partial charge in [-0.15, -0.1) is 0 Å². The largest absolute Gasteiger partial charge is 0.491 e. The Kier molecular flexibility index (Phi) is 5.79. The smallest absolute Gasteiger partial charge is 0.245 e. The lowest BCUT2D eigenvalue weighted by atomic mass is 9.95. The minimum atomic E-state index is -0.0680. The molecule has 1 aliphatic heterocycles. The fourth-order valence-corrected chi connectivity index (χ4v) is 2.50. The van der Waals surface area contributed by atoms with Crippen LogP contribution in [-0.2, 0) is 9.59 Å². The average Bonchev–Trinajstić information content (AvgIpc) is 2.49. The molecule has 1 fully saturated rings. The molecule has 0 aliphatic carbocycles. The fourth-order valence-electron chi connectivity index (χ4n) is 2.50. The highest BCUT2D eigenvalue weighted by molar-refractivity contribution is 5.87. The van der Waals surface area contributed by atoms with Crippen LogP contribution in [0.15, 0.2) is 36.9 Å². The summed E-state index contributed by atoms with van der Waals surface area (Å²) in [5.41, 5.74) is 1.18. The van der Waals surface area contributed by atoms with Crippen molar-refractivity contribution in [2.24, 2.45) is 5.92 Å². The van der Waals surface area contributed by atoms with Crippen molar-refractivity contribution in [3.8, 4) is 5.75 Å². The van der Waals surface area contributed by atoms with Crippen molar-refractivity contribution in [3.63, 3.8) is 0 Å². The Morgan fingerprint density at radius 1 is 1.39 bits per heavy atom. The number of rotatable bonds is 7. The van der Waals surface area contributed by atoms with Crippen LogP contribution in [-0.4, -0.2) is 42.5 Å². The number of ether oxygens (including phenoxy) is 1.